The van der Waals surface area contributed by atoms with Crippen molar-refractivity contribution in [3.8, 4) is 17.2 Å². The van der Waals surface area contributed by atoms with Gasteiger partial charge in [0.25, 0.3) is 11.6 Å². The van der Waals surface area contributed by atoms with Crippen molar-refractivity contribution in [2.24, 2.45) is 0 Å². The normalized spacial score (nSPS) is 17.6. The summed E-state index contributed by atoms with van der Waals surface area (Å²) in [5.74, 6) is 0.534. The van der Waals surface area contributed by atoms with Crippen LogP contribution in [0.2, 0.25) is 0 Å². The number of rotatable bonds is 8. The summed E-state index contributed by atoms with van der Waals surface area (Å²) >= 11 is 0. The maximum atomic E-state index is 13.9. The number of carbonyl (C=O) groups is 1. The lowest BCUT2D eigenvalue weighted by Crippen LogP contribution is -2.29. The van der Waals surface area contributed by atoms with E-state index in [1.807, 2.05) is 6.92 Å². The lowest BCUT2D eigenvalue weighted by Gasteiger charge is -2.23. The Morgan fingerprint density at radius 1 is 1.00 bits per heavy atom. The number of hydrogen-bond acceptors (Lipinski definition) is 8. The number of nitro benzene ring substituents is 1. The van der Waals surface area contributed by atoms with Gasteiger partial charge in [-0.05, 0) is 61.0 Å². The highest BCUT2D eigenvalue weighted by molar-refractivity contribution is 7.97. The number of methoxy groups -OCH3 is 2. The van der Waals surface area contributed by atoms with Crippen molar-refractivity contribution in [2.45, 2.75) is 12.3 Å². The molecule has 0 bridgehead atoms. The van der Waals surface area contributed by atoms with Crippen LogP contribution in [0.4, 0.5) is 11.4 Å². The second kappa shape index (κ2) is 10.3. The highest BCUT2D eigenvalue weighted by Crippen LogP contribution is 2.45. The van der Waals surface area contributed by atoms with E-state index in [0.717, 1.165) is 11.0 Å². The van der Waals surface area contributed by atoms with E-state index in [1.54, 1.807) is 42.5 Å². The summed E-state index contributed by atoms with van der Waals surface area (Å²) in [5.41, 5.74) is 0.394. The number of sulfone groups is 1. The molecule has 0 aromatic heterocycles. The van der Waals surface area contributed by atoms with Crippen LogP contribution in [0, 0.1) is 10.1 Å². The van der Waals surface area contributed by atoms with Crippen molar-refractivity contribution >= 4 is 33.2 Å². The SMILES string of the molecule is CCOc1ccc(N2C(=O)/C(=C\c3cc(OC)ccc3OC)S(=O)(=O)[C@H]2c2cccc([N+](=O)[O-])c2)cc1. The molecule has 10 nitrogen and oxygen atoms in total. The van der Waals surface area contributed by atoms with Crippen molar-refractivity contribution in [1.82, 2.24) is 0 Å². The Bertz CT molecular complexity index is 1480. The zero-order valence-electron chi connectivity index (χ0n) is 20.3. The molecule has 3 aromatic carbocycles. The minimum Gasteiger partial charge on any atom is -0.497 e. The highest BCUT2D eigenvalue weighted by atomic mass is 32.2. The molecular weight excluding hydrogens is 500 g/mol. The van der Waals surface area contributed by atoms with Gasteiger partial charge in [0.15, 0.2) is 5.37 Å². The molecule has 1 aliphatic heterocycles. The molecule has 192 valence electrons. The molecule has 0 saturated carbocycles. The fourth-order valence-corrected chi connectivity index (χ4v) is 5.96. The van der Waals surface area contributed by atoms with Crippen molar-refractivity contribution in [3.05, 3.63) is 92.9 Å². The molecule has 1 saturated heterocycles. The topological polar surface area (TPSA) is 125 Å². The minimum absolute atomic E-state index is 0.0810. The summed E-state index contributed by atoms with van der Waals surface area (Å²) in [7, 11) is -1.46. The summed E-state index contributed by atoms with van der Waals surface area (Å²) in [4.78, 5) is 25.2. The van der Waals surface area contributed by atoms with Crippen LogP contribution in [0.3, 0.4) is 0 Å². The lowest BCUT2D eigenvalue weighted by molar-refractivity contribution is -0.384. The van der Waals surface area contributed by atoms with Crippen molar-refractivity contribution in [3.63, 3.8) is 0 Å². The van der Waals surface area contributed by atoms with Crippen LogP contribution >= 0.6 is 0 Å². The Labute approximate surface area is 213 Å². The van der Waals surface area contributed by atoms with Crippen molar-refractivity contribution in [2.75, 3.05) is 25.7 Å². The Kier molecular flexibility index (Phi) is 7.16. The minimum atomic E-state index is -4.35. The zero-order chi connectivity index (χ0) is 26.7. The average molecular weight is 525 g/mol. The lowest BCUT2D eigenvalue weighted by atomic mass is 10.1. The van der Waals surface area contributed by atoms with Crippen LogP contribution in [-0.2, 0) is 14.6 Å². The van der Waals surface area contributed by atoms with Gasteiger partial charge in [0.05, 0.1) is 25.7 Å². The molecule has 3 aromatic rings. The third-order valence-electron chi connectivity index (χ3n) is 5.78. The Morgan fingerprint density at radius 3 is 2.32 bits per heavy atom. The first kappa shape index (κ1) is 25.7. The van der Waals surface area contributed by atoms with E-state index in [2.05, 4.69) is 0 Å². The van der Waals surface area contributed by atoms with Crippen molar-refractivity contribution in [1.29, 1.82) is 0 Å². The smallest absolute Gasteiger partial charge is 0.271 e. The van der Waals surface area contributed by atoms with Gasteiger partial charge in [0.2, 0.25) is 9.84 Å². The van der Waals surface area contributed by atoms with Gasteiger partial charge in [-0.25, -0.2) is 8.42 Å². The molecule has 0 spiro atoms. The number of amides is 1. The first-order valence-corrected chi connectivity index (χ1v) is 12.7. The zero-order valence-corrected chi connectivity index (χ0v) is 21.1. The summed E-state index contributed by atoms with van der Waals surface area (Å²) in [6, 6.07) is 16.4. The molecular formula is C26H24N2O8S. The van der Waals surface area contributed by atoms with Gasteiger partial charge >= 0.3 is 0 Å². The van der Waals surface area contributed by atoms with Gasteiger partial charge in [-0.1, -0.05) is 12.1 Å². The van der Waals surface area contributed by atoms with Crippen LogP contribution in [0.5, 0.6) is 17.2 Å². The summed E-state index contributed by atoms with van der Waals surface area (Å²) in [6.07, 6.45) is 1.23. The fourth-order valence-electron chi connectivity index (χ4n) is 4.09. The maximum Gasteiger partial charge on any atom is 0.271 e. The second-order valence-corrected chi connectivity index (χ2v) is 9.94. The second-order valence-electron chi connectivity index (χ2n) is 7.97. The Balaban J connectivity index is 1.93. The third kappa shape index (κ3) is 4.85. The molecule has 0 aliphatic carbocycles. The van der Waals surface area contributed by atoms with Crippen LogP contribution in [0.25, 0.3) is 6.08 Å². The van der Waals surface area contributed by atoms with Crippen molar-refractivity contribution < 1.29 is 32.3 Å². The Hall–Kier alpha value is -4.38. The molecule has 11 heteroatoms. The van der Waals surface area contributed by atoms with Gasteiger partial charge in [-0.2, -0.15) is 0 Å². The van der Waals surface area contributed by atoms with Crippen LogP contribution < -0.4 is 19.1 Å². The molecule has 1 fully saturated rings. The largest absolute Gasteiger partial charge is 0.497 e. The summed E-state index contributed by atoms with van der Waals surface area (Å²) in [6.45, 7) is 2.26. The standard InChI is InChI=1S/C26H24N2O8S/c1-4-36-21-10-8-19(9-11-21)27-25(29)24(16-18-15-22(34-2)12-13-23(18)35-3)37(32,33)26(27)17-6-5-7-20(14-17)28(30)31/h5-16,26H,4H2,1-3H3/b24-16+/t26-/m0/s1. The summed E-state index contributed by atoms with van der Waals surface area (Å²) < 4.78 is 43.8. The van der Waals surface area contributed by atoms with E-state index in [1.165, 1.54) is 38.5 Å². The predicted molar refractivity (Wildman–Crippen MR) is 137 cm³/mol. The number of nitro groups is 1. The number of carbonyl (C=O) groups excluding carboxylic acids is 1. The van der Waals surface area contributed by atoms with E-state index in [9.17, 15) is 23.3 Å². The number of ether oxygens (including phenoxy) is 3. The van der Waals surface area contributed by atoms with Crippen LogP contribution in [-0.4, -0.2) is 40.1 Å². The molecule has 0 radical (unpaired) electrons. The highest BCUT2D eigenvalue weighted by Gasteiger charge is 2.50. The molecule has 4 rings (SSSR count). The maximum absolute atomic E-state index is 13.9. The molecule has 1 aliphatic rings. The molecule has 1 amide bonds. The number of anilines is 1. The third-order valence-corrected chi connectivity index (χ3v) is 7.76. The number of non-ortho nitro benzene ring substituents is 1. The van der Waals surface area contributed by atoms with Crippen LogP contribution in [0.15, 0.2) is 71.6 Å². The van der Waals surface area contributed by atoms with Gasteiger partial charge in [0, 0.05) is 23.4 Å². The van der Waals surface area contributed by atoms with Gasteiger partial charge in [-0.3, -0.25) is 19.8 Å². The van der Waals surface area contributed by atoms with E-state index in [-0.39, 0.29) is 16.9 Å². The number of nitrogens with zero attached hydrogens (tertiary/aromatic N) is 2. The molecule has 0 unspecified atom stereocenters. The first-order chi connectivity index (χ1) is 17.7. The van der Waals surface area contributed by atoms with Gasteiger partial charge in [-0.15, -0.1) is 0 Å². The predicted octanol–water partition coefficient (Wildman–Crippen LogP) is 4.51. The van der Waals surface area contributed by atoms with Gasteiger partial charge < -0.3 is 14.2 Å². The monoisotopic (exact) mass is 524 g/mol. The summed E-state index contributed by atoms with van der Waals surface area (Å²) in [5, 5.41) is 9.88. The van der Waals surface area contributed by atoms with E-state index >= 15 is 0 Å². The van der Waals surface area contributed by atoms with E-state index in [4.69, 9.17) is 14.2 Å². The van der Waals surface area contributed by atoms with E-state index < -0.39 is 30.9 Å². The molecule has 1 heterocycles. The Morgan fingerprint density at radius 2 is 1.70 bits per heavy atom. The van der Waals surface area contributed by atoms with Gasteiger partial charge in [0.1, 0.15) is 22.2 Å². The van der Waals surface area contributed by atoms with Crippen LogP contribution in [0.1, 0.15) is 23.4 Å². The van der Waals surface area contributed by atoms with E-state index in [0.29, 0.717) is 29.4 Å². The molecule has 1 atom stereocenters. The number of benzene rings is 3. The first-order valence-electron chi connectivity index (χ1n) is 11.2. The number of hydrogen-bond donors (Lipinski definition) is 0. The quantitative estimate of drug-likeness (QED) is 0.239. The molecule has 0 N–H and O–H groups in total. The average Bonchev–Trinajstić information content (AvgIpc) is 3.09. The fraction of sp³-hybridized carbons (Fsp3) is 0.192. The molecule has 37 heavy (non-hydrogen) atoms.